The summed E-state index contributed by atoms with van der Waals surface area (Å²) in [5, 5.41) is 0.773. The summed E-state index contributed by atoms with van der Waals surface area (Å²) in [5.41, 5.74) is 7.96. The van der Waals surface area contributed by atoms with Gasteiger partial charge in [-0.15, -0.1) is 0 Å². The Morgan fingerprint density at radius 3 is 2.44 bits per heavy atom. The molecular formula is C13H20ClNO. The quantitative estimate of drug-likeness (QED) is 0.878. The van der Waals surface area contributed by atoms with Crippen LogP contribution < -0.4 is 10.5 Å². The zero-order chi connectivity index (χ0) is 12.3. The molecule has 0 amide bonds. The first-order valence-corrected chi connectivity index (χ1v) is 5.93. The normalized spacial score (nSPS) is 12.9. The molecule has 0 saturated heterocycles. The van der Waals surface area contributed by atoms with Gasteiger partial charge in [0.1, 0.15) is 5.75 Å². The number of halogens is 1. The third-order valence-corrected chi connectivity index (χ3v) is 3.38. The third-order valence-electron chi connectivity index (χ3n) is 2.97. The minimum absolute atomic E-state index is 0.285. The van der Waals surface area contributed by atoms with Gasteiger partial charge in [0.05, 0.1) is 7.11 Å². The summed E-state index contributed by atoms with van der Waals surface area (Å²) in [6.07, 6.45) is 0. The first-order valence-electron chi connectivity index (χ1n) is 5.55. The average molecular weight is 242 g/mol. The van der Waals surface area contributed by atoms with Crippen molar-refractivity contribution in [2.75, 3.05) is 13.7 Å². The Balaban J connectivity index is 3.24. The molecule has 0 radical (unpaired) electrons. The van der Waals surface area contributed by atoms with E-state index in [1.807, 2.05) is 19.1 Å². The van der Waals surface area contributed by atoms with Crippen LogP contribution in [0.1, 0.15) is 30.9 Å². The second-order valence-electron chi connectivity index (χ2n) is 4.43. The Morgan fingerprint density at radius 1 is 1.38 bits per heavy atom. The number of hydrogen-bond donors (Lipinski definition) is 1. The molecule has 0 aromatic heterocycles. The predicted molar refractivity (Wildman–Crippen MR) is 69.4 cm³/mol. The number of methoxy groups -OCH3 is 1. The van der Waals surface area contributed by atoms with Crippen molar-refractivity contribution in [1.29, 1.82) is 0 Å². The van der Waals surface area contributed by atoms with Crippen LogP contribution in [-0.2, 0) is 0 Å². The lowest BCUT2D eigenvalue weighted by Gasteiger charge is -2.22. The zero-order valence-electron chi connectivity index (χ0n) is 10.4. The molecule has 0 bridgehead atoms. The molecule has 0 aliphatic carbocycles. The Labute approximate surface area is 103 Å². The first-order chi connectivity index (χ1) is 7.51. The fourth-order valence-corrected chi connectivity index (χ4v) is 2.07. The Bertz CT molecular complexity index is 363. The first kappa shape index (κ1) is 13.3. The summed E-state index contributed by atoms with van der Waals surface area (Å²) in [6, 6.07) is 3.95. The summed E-state index contributed by atoms with van der Waals surface area (Å²) in [4.78, 5) is 0. The lowest BCUT2D eigenvalue weighted by molar-refractivity contribution is 0.395. The average Bonchev–Trinajstić information content (AvgIpc) is 2.23. The molecule has 1 unspecified atom stereocenters. The van der Waals surface area contributed by atoms with Crippen LogP contribution in [0.15, 0.2) is 12.1 Å². The van der Waals surface area contributed by atoms with Crippen molar-refractivity contribution in [1.82, 2.24) is 0 Å². The highest BCUT2D eigenvalue weighted by Gasteiger charge is 2.19. The fourth-order valence-electron chi connectivity index (χ4n) is 1.90. The Hall–Kier alpha value is -0.730. The number of ether oxygens (including phenoxy) is 1. The van der Waals surface area contributed by atoms with E-state index < -0.39 is 0 Å². The molecule has 90 valence electrons. The van der Waals surface area contributed by atoms with Crippen LogP contribution in [0.5, 0.6) is 5.75 Å². The van der Waals surface area contributed by atoms with Gasteiger partial charge in [0, 0.05) is 16.5 Å². The molecule has 2 nitrogen and oxygen atoms in total. The smallest absolute Gasteiger partial charge is 0.122 e. The van der Waals surface area contributed by atoms with E-state index in [-0.39, 0.29) is 5.92 Å². The van der Waals surface area contributed by atoms with Gasteiger partial charge < -0.3 is 10.5 Å². The van der Waals surface area contributed by atoms with Crippen LogP contribution in [-0.4, -0.2) is 13.7 Å². The summed E-state index contributed by atoms with van der Waals surface area (Å²) < 4.78 is 5.40. The molecule has 1 aromatic rings. The molecule has 0 heterocycles. The van der Waals surface area contributed by atoms with E-state index >= 15 is 0 Å². The summed E-state index contributed by atoms with van der Waals surface area (Å²) in [6.45, 7) is 6.89. The topological polar surface area (TPSA) is 35.2 Å². The van der Waals surface area contributed by atoms with Crippen LogP contribution in [0.4, 0.5) is 0 Å². The van der Waals surface area contributed by atoms with E-state index in [4.69, 9.17) is 22.1 Å². The van der Waals surface area contributed by atoms with Crippen molar-refractivity contribution in [3.63, 3.8) is 0 Å². The van der Waals surface area contributed by atoms with Crippen molar-refractivity contribution >= 4 is 11.6 Å². The van der Waals surface area contributed by atoms with Gasteiger partial charge in [-0.25, -0.2) is 0 Å². The van der Waals surface area contributed by atoms with Gasteiger partial charge in [-0.05, 0) is 37.1 Å². The maximum Gasteiger partial charge on any atom is 0.122 e. The number of benzene rings is 1. The molecule has 1 aromatic carbocycles. The van der Waals surface area contributed by atoms with Gasteiger partial charge in [0.15, 0.2) is 0 Å². The van der Waals surface area contributed by atoms with Gasteiger partial charge >= 0.3 is 0 Å². The molecule has 16 heavy (non-hydrogen) atoms. The van der Waals surface area contributed by atoms with Gasteiger partial charge in [-0.3, -0.25) is 0 Å². The maximum atomic E-state index is 6.15. The van der Waals surface area contributed by atoms with Crippen LogP contribution in [0.25, 0.3) is 0 Å². The minimum atomic E-state index is 0.285. The standard InChI is InChI=1S/C13H20ClNO/c1-8(2)11(7-15)10-6-12(14)9(3)5-13(10)16-4/h5-6,8,11H,7,15H2,1-4H3. The van der Waals surface area contributed by atoms with Crippen LogP contribution in [0, 0.1) is 12.8 Å². The molecular weight excluding hydrogens is 222 g/mol. The van der Waals surface area contributed by atoms with E-state index in [9.17, 15) is 0 Å². The molecule has 0 saturated carbocycles. The molecule has 0 fully saturated rings. The van der Waals surface area contributed by atoms with Gasteiger partial charge in [-0.1, -0.05) is 25.4 Å². The number of rotatable bonds is 4. The van der Waals surface area contributed by atoms with E-state index in [2.05, 4.69) is 13.8 Å². The largest absolute Gasteiger partial charge is 0.496 e. The number of nitrogens with two attached hydrogens (primary N) is 1. The molecule has 1 rings (SSSR count). The highest BCUT2D eigenvalue weighted by atomic mass is 35.5. The zero-order valence-corrected chi connectivity index (χ0v) is 11.1. The van der Waals surface area contributed by atoms with Gasteiger partial charge in [0.2, 0.25) is 0 Å². The lowest BCUT2D eigenvalue weighted by Crippen LogP contribution is -2.18. The van der Waals surface area contributed by atoms with Gasteiger partial charge in [-0.2, -0.15) is 0 Å². The number of aryl methyl sites for hydroxylation is 1. The van der Waals surface area contributed by atoms with Crippen molar-refractivity contribution in [2.24, 2.45) is 11.7 Å². The third kappa shape index (κ3) is 2.69. The predicted octanol–water partition coefficient (Wildman–Crippen LogP) is 3.36. The molecule has 1 atom stereocenters. The van der Waals surface area contributed by atoms with E-state index in [0.717, 1.165) is 21.9 Å². The second-order valence-corrected chi connectivity index (χ2v) is 4.84. The van der Waals surface area contributed by atoms with E-state index in [1.54, 1.807) is 7.11 Å². The van der Waals surface area contributed by atoms with E-state index in [1.165, 1.54) is 0 Å². The molecule has 0 spiro atoms. The van der Waals surface area contributed by atoms with Crippen LogP contribution >= 0.6 is 11.6 Å². The van der Waals surface area contributed by atoms with Crippen molar-refractivity contribution in [3.05, 3.63) is 28.3 Å². The van der Waals surface area contributed by atoms with Crippen molar-refractivity contribution in [2.45, 2.75) is 26.7 Å². The van der Waals surface area contributed by atoms with Crippen molar-refractivity contribution in [3.8, 4) is 5.75 Å². The Kier molecular flexibility index (Phi) is 4.63. The minimum Gasteiger partial charge on any atom is -0.496 e. The van der Waals surface area contributed by atoms with Crippen LogP contribution in [0.3, 0.4) is 0 Å². The van der Waals surface area contributed by atoms with Crippen molar-refractivity contribution < 1.29 is 4.74 Å². The summed E-state index contributed by atoms with van der Waals surface area (Å²) >= 11 is 6.15. The SMILES string of the molecule is COc1cc(C)c(Cl)cc1C(CN)C(C)C. The molecule has 0 aliphatic rings. The second kappa shape index (κ2) is 5.55. The Morgan fingerprint density at radius 2 is 2.00 bits per heavy atom. The lowest BCUT2D eigenvalue weighted by atomic mass is 9.87. The fraction of sp³-hybridized carbons (Fsp3) is 0.538. The maximum absolute atomic E-state index is 6.15. The molecule has 2 N–H and O–H groups in total. The van der Waals surface area contributed by atoms with Gasteiger partial charge in [0.25, 0.3) is 0 Å². The van der Waals surface area contributed by atoms with E-state index in [0.29, 0.717) is 12.5 Å². The summed E-state index contributed by atoms with van der Waals surface area (Å²) in [5.74, 6) is 1.64. The molecule has 0 aliphatic heterocycles. The van der Waals surface area contributed by atoms with Crippen LogP contribution in [0.2, 0.25) is 5.02 Å². The summed E-state index contributed by atoms with van der Waals surface area (Å²) in [7, 11) is 1.68. The highest BCUT2D eigenvalue weighted by molar-refractivity contribution is 6.31. The monoisotopic (exact) mass is 241 g/mol. The molecule has 3 heteroatoms. The number of hydrogen-bond acceptors (Lipinski definition) is 2. The highest BCUT2D eigenvalue weighted by Crippen LogP contribution is 2.35.